The first-order valence-corrected chi connectivity index (χ1v) is 10.1. The number of aryl methyl sites for hydroxylation is 1. The number of rotatable bonds is 5. The molecule has 146 valence electrons. The second kappa shape index (κ2) is 7.97. The van der Waals surface area contributed by atoms with Crippen molar-refractivity contribution < 1.29 is 14.4 Å². The van der Waals surface area contributed by atoms with Gasteiger partial charge in [0.1, 0.15) is 0 Å². The molecule has 0 aliphatic heterocycles. The quantitative estimate of drug-likeness (QED) is 0.621. The van der Waals surface area contributed by atoms with Crippen molar-refractivity contribution in [3.05, 3.63) is 76.3 Å². The lowest BCUT2D eigenvalue weighted by Gasteiger charge is -2.11. The van der Waals surface area contributed by atoms with E-state index in [9.17, 15) is 14.4 Å². The molecule has 2 amide bonds. The zero-order valence-corrected chi connectivity index (χ0v) is 16.6. The van der Waals surface area contributed by atoms with Crippen LogP contribution < -0.4 is 10.6 Å². The number of carbonyl (C=O) groups is 3. The van der Waals surface area contributed by atoms with Crippen LogP contribution in [0.4, 0.5) is 10.8 Å². The van der Waals surface area contributed by atoms with Crippen molar-refractivity contribution in [3.8, 4) is 0 Å². The molecule has 0 fully saturated rings. The van der Waals surface area contributed by atoms with Crippen LogP contribution in [0.2, 0.25) is 0 Å². The van der Waals surface area contributed by atoms with Gasteiger partial charge in [-0.15, -0.1) is 11.3 Å². The lowest BCUT2D eigenvalue weighted by molar-refractivity contribution is -0.117. The van der Waals surface area contributed by atoms with Gasteiger partial charge in [-0.25, -0.2) is 4.98 Å². The van der Waals surface area contributed by atoms with Crippen LogP contribution in [-0.4, -0.2) is 22.6 Å². The molecule has 1 aliphatic rings. The van der Waals surface area contributed by atoms with Crippen LogP contribution in [-0.2, 0) is 11.2 Å². The predicted octanol–water partition coefficient (Wildman–Crippen LogP) is 4.27. The van der Waals surface area contributed by atoms with E-state index in [1.54, 1.807) is 48.5 Å². The second-order valence-corrected chi connectivity index (χ2v) is 7.95. The van der Waals surface area contributed by atoms with Crippen LogP contribution in [0.15, 0.2) is 54.6 Å². The molecule has 0 saturated carbocycles. The second-order valence-electron chi connectivity index (χ2n) is 6.87. The van der Waals surface area contributed by atoms with E-state index in [1.807, 2.05) is 6.07 Å². The zero-order valence-electron chi connectivity index (χ0n) is 15.8. The smallest absolute Gasteiger partial charge is 0.257 e. The Morgan fingerprint density at radius 2 is 1.76 bits per heavy atom. The number of nitrogens with one attached hydrogen (secondary N) is 2. The molecule has 0 spiro atoms. The minimum absolute atomic E-state index is 0.0532. The van der Waals surface area contributed by atoms with Crippen molar-refractivity contribution in [1.29, 1.82) is 0 Å². The molecule has 1 unspecified atom stereocenters. The fourth-order valence-electron chi connectivity index (χ4n) is 3.34. The highest BCUT2D eigenvalue weighted by molar-refractivity contribution is 7.16. The Hall–Kier alpha value is -3.32. The van der Waals surface area contributed by atoms with E-state index in [2.05, 4.69) is 15.6 Å². The number of amides is 2. The molecule has 3 aromatic rings. The lowest BCUT2D eigenvalue weighted by atomic mass is 10.1. The first-order chi connectivity index (χ1) is 14.0. The molecular formula is C22H19N3O3S. The molecule has 1 atom stereocenters. The highest BCUT2D eigenvalue weighted by atomic mass is 32.1. The van der Waals surface area contributed by atoms with Gasteiger partial charge in [-0.3, -0.25) is 19.7 Å². The Balaban J connectivity index is 1.47. The van der Waals surface area contributed by atoms with Crippen LogP contribution in [0.25, 0.3) is 0 Å². The number of hydrogen-bond acceptors (Lipinski definition) is 5. The average Bonchev–Trinajstić information content (AvgIpc) is 3.28. The Morgan fingerprint density at radius 1 is 1.00 bits per heavy atom. The molecule has 1 aliphatic carbocycles. The molecule has 4 rings (SSSR count). The molecule has 2 N–H and O–H groups in total. The largest absolute Gasteiger partial charge is 0.325 e. The van der Waals surface area contributed by atoms with Gasteiger partial charge in [0, 0.05) is 21.7 Å². The van der Waals surface area contributed by atoms with Gasteiger partial charge in [-0.1, -0.05) is 30.3 Å². The van der Waals surface area contributed by atoms with Gasteiger partial charge >= 0.3 is 0 Å². The van der Waals surface area contributed by atoms with E-state index >= 15 is 0 Å². The number of ketones is 1. The molecule has 0 bridgehead atoms. The van der Waals surface area contributed by atoms with Crippen LogP contribution in [0.3, 0.4) is 0 Å². The van der Waals surface area contributed by atoms with Crippen molar-refractivity contribution in [2.75, 3.05) is 10.6 Å². The summed E-state index contributed by atoms with van der Waals surface area (Å²) in [6, 6.07) is 15.8. The monoisotopic (exact) mass is 405 g/mol. The summed E-state index contributed by atoms with van der Waals surface area (Å²) in [7, 11) is 0. The summed E-state index contributed by atoms with van der Waals surface area (Å²) in [5.41, 5.74) is 2.42. The first kappa shape index (κ1) is 19.0. The molecule has 1 heterocycles. The predicted molar refractivity (Wildman–Crippen MR) is 113 cm³/mol. The summed E-state index contributed by atoms with van der Waals surface area (Å²) in [5.74, 6) is -0.803. The van der Waals surface area contributed by atoms with Crippen LogP contribution >= 0.6 is 11.3 Å². The highest BCUT2D eigenvalue weighted by Gasteiger charge is 2.33. The van der Waals surface area contributed by atoms with E-state index in [4.69, 9.17) is 0 Å². The van der Waals surface area contributed by atoms with Gasteiger partial charge in [-0.2, -0.15) is 0 Å². The third-order valence-corrected chi connectivity index (χ3v) is 5.87. The third kappa shape index (κ3) is 4.09. The minimum Gasteiger partial charge on any atom is -0.325 e. The molecule has 6 nitrogen and oxygen atoms in total. The fraction of sp³-hybridized carbons (Fsp3) is 0.182. The number of aromatic nitrogens is 1. The number of nitrogens with zero attached hydrogens (tertiary/aromatic N) is 1. The number of benzene rings is 2. The minimum atomic E-state index is -0.371. The fourth-order valence-corrected chi connectivity index (χ4v) is 4.37. The van der Waals surface area contributed by atoms with Gasteiger partial charge in [0.25, 0.3) is 5.91 Å². The molecule has 2 aromatic carbocycles. The van der Waals surface area contributed by atoms with Gasteiger partial charge in [0.05, 0.1) is 11.6 Å². The number of carbonyl (C=O) groups excluding carboxylic acids is 3. The highest BCUT2D eigenvalue weighted by Crippen LogP contribution is 2.39. The van der Waals surface area contributed by atoms with Crippen LogP contribution in [0, 0.1) is 0 Å². The molecule has 7 heteroatoms. The maximum atomic E-state index is 12.8. The van der Waals surface area contributed by atoms with Crippen molar-refractivity contribution in [2.45, 2.75) is 25.7 Å². The summed E-state index contributed by atoms with van der Waals surface area (Å²) < 4.78 is 0. The molecule has 29 heavy (non-hydrogen) atoms. The Labute approximate surface area is 172 Å². The standard InChI is InChI=1S/C22H19N3O3S/c1-13(26)15-8-5-9-16(12-15)23-21(28)17-10-11-18-19(17)24-22(29-18)25-20(27)14-6-3-2-4-7-14/h2-9,12,17H,10-11H2,1H3,(H,23,28)(H,24,25,27). The number of anilines is 2. The molecule has 0 saturated heterocycles. The number of Topliss-reactive ketones (excluding diaryl/α,β-unsaturated/α-hetero) is 1. The van der Waals surface area contributed by atoms with Gasteiger partial charge in [0.15, 0.2) is 10.9 Å². The van der Waals surface area contributed by atoms with Crippen molar-refractivity contribution >= 4 is 39.8 Å². The Bertz CT molecular complexity index is 1090. The summed E-state index contributed by atoms with van der Waals surface area (Å²) >= 11 is 1.41. The van der Waals surface area contributed by atoms with E-state index in [-0.39, 0.29) is 23.5 Å². The first-order valence-electron chi connectivity index (χ1n) is 9.29. The Morgan fingerprint density at radius 3 is 2.52 bits per heavy atom. The maximum Gasteiger partial charge on any atom is 0.257 e. The topological polar surface area (TPSA) is 88.2 Å². The summed E-state index contributed by atoms with van der Waals surface area (Å²) in [5, 5.41) is 6.20. The van der Waals surface area contributed by atoms with Crippen molar-refractivity contribution in [3.63, 3.8) is 0 Å². The van der Waals surface area contributed by atoms with Crippen molar-refractivity contribution in [2.24, 2.45) is 0 Å². The van der Waals surface area contributed by atoms with E-state index in [1.165, 1.54) is 18.3 Å². The van der Waals surface area contributed by atoms with E-state index in [0.29, 0.717) is 28.4 Å². The van der Waals surface area contributed by atoms with Gasteiger partial charge in [-0.05, 0) is 44.0 Å². The number of fused-ring (bicyclic) bond motifs is 1. The summed E-state index contributed by atoms with van der Waals surface area (Å²) in [6.07, 6.45) is 1.43. The number of thiazole rings is 1. The van der Waals surface area contributed by atoms with Crippen LogP contribution in [0.1, 0.15) is 50.5 Å². The summed E-state index contributed by atoms with van der Waals surface area (Å²) in [4.78, 5) is 42.2. The average molecular weight is 405 g/mol. The summed E-state index contributed by atoms with van der Waals surface area (Å²) in [6.45, 7) is 1.49. The van der Waals surface area contributed by atoms with Gasteiger partial charge in [0.2, 0.25) is 5.91 Å². The third-order valence-electron chi connectivity index (χ3n) is 4.83. The molecule has 0 radical (unpaired) electrons. The zero-order chi connectivity index (χ0) is 20.4. The van der Waals surface area contributed by atoms with E-state index < -0.39 is 0 Å². The SMILES string of the molecule is CC(=O)c1cccc(NC(=O)C2CCc3sc(NC(=O)c4ccccc4)nc32)c1. The maximum absolute atomic E-state index is 12.8. The van der Waals surface area contributed by atoms with Crippen LogP contribution in [0.5, 0.6) is 0 Å². The van der Waals surface area contributed by atoms with Gasteiger partial charge < -0.3 is 5.32 Å². The Kier molecular flexibility index (Phi) is 5.22. The van der Waals surface area contributed by atoms with E-state index in [0.717, 1.165) is 17.0 Å². The number of hydrogen-bond donors (Lipinski definition) is 2. The van der Waals surface area contributed by atoms with Crippen molar-refractivity contribution in [1.82, 2.24) is 4.98 Å². The molecular weight excluding hydrogens is 386 g/mol. The normalized spacial score (nSPS) is 14.9. The lowest BCUT2D eigenvalue weighted by Crippen LogP contribution is -2.20. The molecule has 1 aromatic heterocycles.